The van der Waals surface area contributed by atoms with Crippen LogP contribution in [-0.2, 0) is 11.2 Å². The molecule has 5 rings (SSSR count). The number of rotatable bonds is 3. The van der Waals surface area contributed by atoms with Crippen LogP contribution in [0.4, 0.5) is 11.4 Å². The van der Waals surface area contributed by atoms with Gasteiger partial charge in [-0.1, -0.05) is 0 Å². The van der Waals surface area contributed by atoms with Gasteiger partial charge < -0.3 is 10.6 Å². The zero-order valence-electron chi connectivity index (χ0n) is 13.7. The summed E-state index contributed by atoms with van der Waals surface area (Å²) in [5.41, 5.74) is 7.69. The monoisotopic (exact) mass is 345 g/mol. The van der Waals surface area contributed by atoms with E-state index in [9.17, 15) is 4.79 Å². The Hall–Kier alpha value is -3.52. The van der Waals surface area contributed by atoms with E-state index < -0.39 is 0 Å². The minimum absolute atomic E-state index is 0.0241. The number of hydrazine groups is 1. The third kappa shape index (κ3) is 2.52. The topological polar surface area (TPSA) is 94.0 Å². The van der Waals surface area contributed by atoms with E-state index in [2.05, 4.69) is 26.0 Å². The maximum atomic E-state index is 11.5. The Bertz CT molecular complexity index is 980. The Morgan fingerprint density at radius 3 is 3.12 bits per heavy atom. The molecule has 3 aliphatic rings. The maximum absolute atomic E-state index is 11.5. The number of hydrogen-bond acceptors (Lipinski definition) is 7. The van der Waals surface area contributed by atoms with Crippen LogP contribution in [0.2, 0.25) is 0 Å². The van der Waals surface area contributed by atoms with E-state index in [1.807, 2.05) is 41.5 Å². The lowest BCUT2D eigenvalue weighted by molar-refractivity contribution is -0.115. The number of amidine groups is 1. The summed E-state index contributed by atoms with van der Waals surface area (Å²) in [7, 11) is 0. The van der Waals surface area contributed by atoms with Gasteiger partial charge in [-0.05, 0) is 35.9 Å². The molecule has 26 heavy (non-hydrogen) atoms. The molecule has 1 amide bonds. The molecule has 0 saturated heterocycles. The van der Waals surface area contributed by atoms with Gasteiger partial charge in [-0.15, -0.1) is 0 Å². The Balaban J connectivity index is 1.39. The van der Waals surface area contributed by atoms with Crippen LogP contribution in [0.25, 0.3) is 0 Å². The molecule has 0 saturated carbocycles. The molecule has 3 N–H and O–H groups in total. The fourth-order valence-electron chi connectivity index (χ4n) is 3.18. The molecule has 1 unspecified atom stereocenters. The van der Waals surface area contributed by atoms with Gasteiger partial charge in [-0.2, -0.15) is 5.43 Å². The molecule has 8 heteroatoms. The van der Waals surface area contributed by atoms with Gasteiger partial charge in [0.1, 0.15) is 5.71 Å². The zero-order chi connectivity index (χ0) is 17.5. The van der Waals surface area contributed by atoms with E-state index in [1.165, 1.54) is 0 Å². The van der Waals surface area contributed by atoms with Crippen molar-refractivity contribution in [2.75, 3.05) is 10.6 Å². The highest BCUT2D eigenvalue weighted by atomic mass is 16.1. The number of anilines is 2. The van der Waals surface area contributed by atoms with Crippen LogP contribution in [0.5, 0.6) is 0 Å². The molecule has 1 atom stereocenters. The normalized spacial score (nSPS) is 20.2. The molecule has 0 fully saturated rings. The first-order valence-electron chi connectivity index (χ1n) is 8.24. The van der Waals surface area contributed by atoms with Gasteiger partial charge in [0.25, 0.3) is 0 Å². The second kappa shape index (κ2) is 5.78. The van der Waals surface area contributed by atoms with Crippen molar-refractivity contribution in [1.82, 2.24) is 15.4 Å². The number of nitrogens with zero attached hydrogens (tertiary/aromatic N) is 4. The number of hydrogen-bond donors (Lipinski definition) is 3. The molecule has 0 bridgehead atoms. The van der Waals surface area contributed by atoms with Gasteiger partial charge in [0.05, 0.1) is 6.42 Å². The zero-order valence-corrected chi connectivity index (χ0v) is 13.7. The molecular weight excluding hydrogens is 330 g/mol. The minimum atomic E-state index is -0.335. The predicted octanol–water partition coefficient (Wildman–Crippen LogP) is 1.46. The van der Waals surface area contributed by atoms with Gasteiger partial charge in [-0.3, -0.25) is 19.8 Å². The van der Waals surface area contributed by atoms with Crippen molar-refractivity contribution in [2.45, 2.75) is 12.7 Å². The van der Waals surface area contributed by atoms with Crippen molar-refractivity contribution in [1.29, 1.82) is 0 Å². The molecule has 1 aromatic heterocycles. The number of carbonyl (C=O) groups excluding carboxylic acids is 1. The van der Waals surface area contributed by atoms with E-state index >= 15 is 0 Å². The second-order valence-corrected chi connectivity index (χ2v) is 6.11. The van der Waals surface area contributed by atoms with Crippen molar-refractivity contribution in [3.05, 3.63) is 66.3 Å². The number of aromatic nitrogens is 1. The van der Waals surface area contributed by atoms with Crippen molar-refractivity contribution < 1.29 is 4.79 Å². The number of carbonyl (C=O) groups is 1. The summed E-state index contributed by atoms with van der Waals surface area (Å²) in [6.45, 7) is 0. The summed E-state index contributed by atoms with van der Waals surface area (Å²) in [4.78, 5) is 24.8. The van der Waals surface area contributed by atoms with E-state index in [-0.39, 0.29) is 12.2 Å². The summed E-state index contributed by atoms with van der Waals surface area (Å²) < 4.78 is 0. The van der Waals surface area contributed by atoms with Crippen LogP contribution >= 0.6 is 0 Å². The highest BCUT2D eigenvalue weighted by Gasteiger charge is 2.29. The second-order valence-electron chi connectivity index (χ2n) is 6.11. The van der Waals surface area contributed by atoms with Crippen molar-refractivity contribution in [2.24, 2.45) is 9.98 Å². The van der Waals surface area contributed by atoms with Gasteiger partial charge in [0.2, 0.25) is 5.91 Å². The number of nitrogens with one attached hydrogen (secondary N) is 3. The van der Waals surface area contributed by atoms with Crippen molar-refractivity contribution >= 4 is 28.8 Å². The summed E-state index contributed by atoms with van der Waals surface area (Å²) in [6, 6.07) is 9.63. The Labute approximate surface area is 149 Å². The van der Waals surface area contributed by atoms with E-state index in [1.54, 1.807) is 18.6 Å². The minimum Gasteiger partial charge on any atom is -0.350 e. The molecule has 8 nitrogen and oxygen atoms in total. The average molecular weight is 345 g/mol. The third-order valence-electron chi connectivity index (χ3n) is 4.34. The highest BCUT2D eigenvalue weighted by Crippen LogP contribution is 2.26. The fraction of sp³-hybridized carbons (Fsp3) is 0.111. The van der Waals surface area contributed by atoms with Crippen molar-refractivity contribution in [3.8, 4) is 0 Å². The van der Waals surface area contributed by atoms with E-state index in [4.69, 9.17) is 4.99 Å². The van der Waals surface area contributed by atoms with Crippen molar-refractivity contribution in [3.63, 3.8) is 0 Å². The van der Waals surface area contributed by atoms with Crippen LogP contribution in [0.3, 0.4) is 0 Å². The summed E-state index contributed by atoms with van der Waals surface area (Å²) in [6.07, 6.45) is 7.12. The van der Waals surface area contributed by atoms with Crippen LogP contribution in [0.15, 0.2) is 65.1 Å². The maximum Gasteiger partial charge on any atom is 0.228 e. The first-order valence-corrected chi connectivity index (χ1v) is 8.24. The number of fused-ring (bicyclic) bond motifs is 2. The molecule has 2 aromatic rings. The highest BCUT2D eigenvalue weighted by molar-refractivity contribution is 6.48. The SMILES string of the molecule is O=C1Cc2cc(NC3N=C4C(c5cccnc5)=NC=CN4N3)ccc2N1. The lowest BCUT2D eigenvalue weighted by Gasteiger charge is -2.20. The number of benzene rings is 1. The van der Waals surface area contributed by atoms with E-state index in [0.717, 1.165) is 34.0 Å². The lowest BCUT2D eigenvalue weighted by atomic mass is 10.1. The molecule has 3 aliphatic heterocycles. The van der Waals surface area contributed by atoms with Gasteiger partial charge in [-0.25, -0.2) is 4.99 Å². The molecule has 0 spiro atoms. The van der Waals surface area contributed by atoms with Gasteiger partial charge in [0, 0.05) is 41.7 Å². The van der Waals surface area contributed by atoms with Crippen LogP contribution in [0, 0.1) is 0 Å². The Morgan fingerprint density at radius 2 is 2.23 bits per heavy atom. The van der Waals surface area contributed by atoms with Crippen LogP contribution in [-0.4, -0.2) is 33.7 Å². The van der Waals surface area contributed by atoms with Gasteiger partial charge >= 0.3 is 0 Å². The number of aliphatic imine (C=N–C) groups is 2. The Kier molecular flexibility index (Phi) is 3.29. The molecular formula is C18H15N7O. The van der Waals surface area contributed by atoms with E-state index in [0.29, 0.717) is 6.42 Å². The van der Waals surface area contributed by atoms with Gasteiger partial charge in [0.15, 0.2) is 12.1 Å². The van der Waals surface area contributed by atoms with Crippen LogP contribution in [0.1, 0.15) is 11.1 Å². The third-order valence-corrected chi connectivity index (χ3v) is 4.34. The summed E-state index contributed by atoms with van der Waals surface area (Å²) >= 11 is 0. The summed E-state index contributed by atoms with van der Waals surface area (Å²) in [5.74, 6) is 0.756. The fourth-order valence-corrected chi connectivity index (χ4v) is 3.18. The first kappa shape index (κ1) is 14.8. The average Bonchev–Trinajstić information content (AvgIpc) is 3.23. The smallest absolute Gasteiger partial charge is 0.228 e. The quantitative estimate of drug-likeness (QED) is 0.783. The largest absolute Gasteiger partial charge is 0.350 e. The van der Waals surface area contributed by atoms with Crippen LogP contribution < -0.4 is 16.1 Å². The Morgan fingerprint density at radius 1 is 1.27 bits per heavy atom. The summed E-state index contributed by atoms with van der Waals surface area (Å²) in [5, 5.41) is 8.00. The number of pyridine rings is 1. The molecule has 0 aliphatic carbocycles. The standard InChI is InChI=1S/C18H15N7O/c26-15-9-12-8-13(3-4-14(12)22-15)21-18-23-17-16(11-2-1-5-19-10-11)20-6-7-25(17)24-18/h1-8,10,18,21,24H,9H2,(H,22,26). The molecule has 4 heterocycles. The number of amides is 1. The first-order chi connectivity index (χ1) is 12.8. The molecule has 0 radical (unpaired) electrons. The molecule has 128 valence electrons. The lowest BCUT2D eigenvalue weighted by Crippen LogP contribution is -2.42. The molecule has 1 aromatic carbocycles. The predicted molar refractivity (Wildman–Crippen MR) is 98.5 cm³/mol.